The summed E-state index contributed by atoms with van der Waals surface area (Å²) < 4.78 is 38.5. The zero-order valence-corrected chi connectivity index (χ0v) is 12.5. The van der Waals surface area contributed by atoms with Gasteiger partial charge in [0.1, 0.15) is 16.6 Å². The summed E-state index contributed by atoms with van der Waals surface area (Å²) in [5.74, 6) is 5.75. The Kier molecular flexibility index (Phi) is 4.55. The number of aromatic nitrogens is 2. The molecule has 5 nitrogen and oxygen atoms in total. The lowest BCUT2D eigenvalue weighted by Crippen LogP contribution is -2.11. The number of benzene rings is 1. The van der Waals surface area contributed by atoms with Gasteiger partial charge in [0.2, 0.25) is 0 Å². The number of hydrazine groups is 1. The Labute approximate surface area is 130 Å². The number of hydrogen-bond donors (Lipinski definition) is 3. The second kappa shape index (κ2) is 6.04. The lowest BCUT2D eigenvalue weighted by molar-refractivity contribution is -0.137. The fraction of sp³-hybridized carbons (Fsp3) is 0.0909. The van der Waals surface area contributed by atoms with Gasteiger partial charge in [0.15, 0.2) is 5.82 Å². The normalized spacial score (nSPS) is 11.3. The van der Waals surface area contributed by atoms with Crippen LogP contribution in [-0.2, 0) is 6.18 Å². The molecule has 1 aromatic heterocycles. The van der Waals surface area contributed by atoms with Crippen molar-refractivity contribution in [3.05, 3.63) is 39.6 Å². The maximum Gasteiger partial charge on any atom is 0.416 e. The van der Waals surface area contributed by atoms with Crippen molar-refractivity contribution in [1.82, 2.24) is 9.97 Å². The van der Waals surface area contributed by atoms with Crippen molar-refractivity contribution in [3.63, 3.8) is 0 Å². The monoisotopic (exact) mass is 381 g/mol. The number of hydrogen-bond acceptors (Lipinski definition) is 5. The van der Waals surface area contributed by atoms with Gasteiger partial charge in [-0.15, -0.1) is 0 Å². The number of halogens is 5. The van der Waals surface area contributed by atoms with E-state index in [1.165, 1.54) is 6.33 Å². The summed E-state index contributed by atoms with van der Waals surface area (Å²) in [6.07, 6.45) is -3.27. The summed E-state index contributed by atoms with van der Waals surface area (Å²) in [5.41, 5.74) is 1.56. The van der Waals surface area contributed by atoms with Gasteiger partial charge < -0.3 is 10.7 Å². The molecule has 0 aliphatic carbocycles. The highest BCUT2D eigenvalue weighted by Gasteiger charge is 2.31. The van der Waals surface area contributed by atoms with E-state index in [1.807, 2.05) is 0 Å². The highest BCUT2D eigenvalue weighted by Crippen LogP contribution is 2.36. The third-order valence-corrected chi connectivity index (χ3v) is 3.55. The molecule has 112 valence electrons. The molecule has 0 fully saturated rings. The summed E-state index contributed by atoms with van der Waals surface area (Å²) in [5, 5.41) is 2.82. The molecule has 1 aromatic carbocycles. The van der Waals surface area contributed by atoms with Crippen molar-refractivity contribution in [3.8, 4) is 0 Å². The minimum Gasteiger partial charge on any atom is -0.338 e. The molecule has 0 saturated heterocycles. The maximum absolute atomic E-state index is 12.7. The number of nitrogens with two attached hydrogens (primary N) is 1. The van der Waals surface area contributed by atoms with Crippen LogP contribution in [-0.4, -0.2) is 9.97 Å². The molecule has 0 unspecified atom stereocenters. The van der Waals surface area contributed by atoms with Crippen LogP contribution in [0.5, 0.6) is 0 Å². The van der Waals surface area contributed by atoms with Crippen molar-refractivity contribution in [2.45, 2.75) is 6.18 Å². The second-order valence-corrected chi connectivity index (χ2v) is 5.05. The standard InChI is InChI=1S/C11H8BrClF3N5/c12-8-9(18-4-19-10(8)21-17)20-7-3-5(11(14,15)16)1-2-6(7)13/h1-4H,17H2,(H2,18,19,20,21). The van der Waals surface area contributed by atoms with Gasteiger partial charge in [-0.25, -0.2) is 15.8 Å². The van der Waals surface area contributed by atoms with Gasteiger partial charge in [-0.3, -0.25) is 0 Å². The minimum atomic E-state index is -4.46. The van der Waals surface area contributed by atoms with Gasteiger partial charge in [0, 0.05) is 0 Å². The number of alkyl halides is 3. The summed E-state index contributed by atoms with van der Waals surface area (Å²) in [6.45, 7) is 0. The molecule has 2 aromatic rings. The summed E-state index contributed by atoms with van der Waals surface area (Å²) in [4.78, 5) is 7.74. The molecule has 0 atom stereocenters. The lowest BCUT2D eigenvalue weighted by Gasteiger charge is -2.13. The predicted octanol–water partition coefficient (Wildman–Crippen LogP) is 3.94. The Hall–Kier alpha value is -1.58. The van der Waals surface area contributed by atoms with Crippen molar-refractivity contribution in [1.29, 1.82) is 0 Å². The number of rotatable bonds is 3. The van der Waals surface area contributed by atoms with Gasteiger partial charge in [-0.05, 0) is 34.1 Å². The average Bonchev–Trinajstić information content (AvgIpc) is 2.42. The van der Waals surface area contributed by atoms with Crippen LogP contribution in [0.25, 0.3) is 0 Å². The molecule has 0 bridgehead atoms. The molecule has 0 spiro atoms. The Morgan fingerprint density at radius 2 is 1.86 bits per heavy atom. The van der Waals surface area contributed by atoms with Gasteiger partial charge in [0.25, 0.3) is 0 Å². The number of nitrogen functional groups attached to an aromatic ring is 1. The first-order chi connectivity index (χ1) is 9.82. The molecular weight excluding hydrogens is 375 g/mol. The summed E-state index contributed by atoms with van der Waals surface area (Å²) >= 11 is 9.08. The molecule has 4 N–H and O–H groups in total. The van der Waals surface area contributed by atoms with E-state index in [1.54, 1.807) is 0 Å². The topological polar surface area (TPSA) is 75.9 Å². The molecule has 10 heteroatoms. The molecule has 0 aliphatic heterocycles. The minimum absolute atomic E-state index is 0.0638. The zero-order chi connectivity index (χ0) is 15.6. The van der Waals surface area contributed by atoms with Crippen LogP contribution in [0.4, 0.5) is 30.5 Å². The zero-order valence-electron chi connectivity index (χ0n) is 10.2. The van der Waals surface area contributed by atoms with E-state index in [0.29, 0.717) is 4.47 Å². The van der Waals surface area contributed by atoms with Crippen LogP contribution >= 0.6 is 27.5 Å². The highest BCUT2D eigenvalue weighted by molar-refractivity contribution is 9.10. The smallest absolute Gasteiger partial charge is 0.338 e. The average molecular weight is 383 g/mol. The van der Waals surface area contributed by atoms with E-state index in [4.69, 9.17) is 17.4 Å². The summed E-state index contributed by atoms with van der Waals surface area (Å²) in [7, 11) is 0. The molecule has 0 aliphatic rings. The Morgan fingerprint density at radius 1 is 1.19 bits per heavy atom. The first-order valence-electron chi connectivity index (χ1n) is 5.44. The fourth-order valence-electron chi connectivity index (χ4n) is 1.48. The predicted molar refractivity (Wildman–Crippen MR) is 77.3 cm³/mol. The third kappa shape index (κ3) is 3.55. The number of anilines is 3. The molecule has 0 radical (unpaired) electrons. The van der Waals surface area contributed by atoms with Crippen LogP contribution in [0, 0.1) is 0 Å². The molecule has 0 saturated carbocycles. The third-order valence-electron chi connectivity index (χ3n) is 2.47. The van der Waals surface area contributed by atoms with Crippen molar-refractivity contribution in [2.24, 2.45) is 5.84 Å². The van der Waals surface area contributed by atoms with E-state index in [2.05, 4.69) is 36.6 Å². The van der Waals surface area contributed by atoms with Gasteiger partial charge in [-0.1, -0.05) is 11.6 Å². The van der Waals surface area contributed by atoms with Crippen molar-refractivity contribution < 1.29 is 13.2 Å². The van der Waals surface area contributed by atoms with E-state index in [-0.39, 0.29) is 22.3 Å². The van der Waals surface area contributed by atoms with E-state index < -0.39 is 11.7 Å². The van der Waals surface area contributed by atoms with E-state index in [9.17, 15) is 13.2 Å². The second-order valence-electron chi connectivity index (χ2n) is 3.85. The Morgan fingerprint density at radius 3 is 2.48 bits per heavy atom. The van der Waals surface area contributed by atoms with Crippen LogP contribution in [0.1, 0.15) is 5.56 Å². The largest absolute Gasteiger partial charge is 0.416 e. The Balaban J connectivity index is 2.40. The van der Waals surface area contributed by atoms with Gasteiger partial charge in [-0.2, -0.15) is 13.2 Å². The van der Waals surface area contributed by atoms with Crippen molar-refractivity contribution in [2.75, 3.05) is 10.7 Å². The quantitative estimate of drug-likeness (QED) is 0.554. The first-order valence-corrected chi connectivity index (χ1v) is 6.61. The van der Waals surface area contributed by atoms with Crippen molar-refractivity contribution >= 4 is 44.9 Å². The number of nitrogens with zero attached hydrogens (tertiary/aromatic N) is 2. The van der Waals surface area contributed by atoms with Gasteiger partial charge in [0.05, 0.1) is 16.3 Å². The van der Waals surface area contributed by atoms with Crippen LogP contribution in [0.15, 0.2) is 29.0 Å². The molecular formula is C11H8BrClF3N5. The Bertz CT molecular complexity index is 665. The molecule has 21 heavy (non-hydrogen) atoms. The van der Waals surface area contributed by atoms with E-state index >= 15 is 0 Å². The van der Waals surface area contributed by atoms with Crippen LogP contribution in [0.2, 0.25) is 5.02 Å². The lowest BCUT2D eigenvalue weighted by atomic mass is 10.2. The first kappa shape index (κ1) is 15.8. The molecule has 1 heterocycles. The van der Waals surface area contributed by atoms with Crippen LogP contribution in [0.3, 0.4) is 0 Å². The number of nitrogens with one attached hydrogen (secondary N) is 2. The maximum atomic E-state index is 12.7. The van der Waals surface area contributed by atoms with Crippen LogP contribution < -0.4 is 16.6 Å². The van der Waals surface area contributed by atoms with E-state index in [0.717, 1.165) is 18.2 Å². The fourth-order valence-corrected chi connectivity index (χ4v) is 2.07. The SMILES string of the molecule is NNc1ncnc(Nc2cc(C(F)(F)F)ccc2Cl)c1Br. The summed E-state index contributed by atoms with van der Waals surface area (Å²) in [6, 6.07) is 2.95. The molecule has 2 rings (SSSR count). The highest BCUT2D eigenvalue weighted by atomic mass is 79.9. The van der Waals surface area contributed by atoms with Gasteiger partial charge >= 0.3 is 6.18 Å². The molecule has 0 amide bonds.